The molecule has 0 saturated heterocycles. The Bertz CT molecular complexity index is 393. The third-order valence-electron chi connectivity index (χ3n) is 3.05. The highest BCUT2D eigenvalue weighted by molar-refractivity contribution is 5.96. The molecule has 0 atom stereocenters. The van der Waals surface area contributed by atoms with Crippen LogP contribution in [0.25, 0.3) is 0 Å². The molecular formula is C10H13F2N3O. The summed E-state index contributed by atoms with van der Waals surface area (Å²) < 4.78 is 27.2. The zero-order valence-corrected chi connectivity index (χ0v) is 8.99. The SMILES string of the molecule is Cn1nncc1C(=O)C1CCC(F)(F)CC1. The van der Waals surface area contributed by atoms with Crippen LogP contribution in [-0.4, -0.2) is 26.7 Å². The van der Waals surface area contributed by atoms with Crippen molar-refractivity contribution in [2.45, 2.75) is 31.6 Å². The Kier molecular flexibility index (Phi) is 2.73. The van der Waals surface area contributed by atoms with Gasteiger partial charge < -0.3 is 0 Å². The fraction of sp³-hybridized carbons (Fsp3) is 0.700. The highest BCUT2D eigenvalue weighted by atomic mass is 19.3. The molecule has 0 aliphatic heterocycles. The normalized spacial score (nSPS) is 20.9. The predicted molar refractivity (Wildman–Crippen MR) is 52.2 cm³/mol. The smallest absolute Gasteiger partial charge is 0.248 e. The molecule has 0 N–H and O–H groups in total. The van der Waals surface area contributed by atoms with Crippen molar-refractivity contribution >= 4 is 5.78 Å². The van der Waals surface area contributed by atoms with Crippen molar-refractivity contribution in [1.82, 2.24) is 15.0 Å². The summed E-state index contributed by atoms with van der Waals surface area (Å²) in [6.07, 6.45) is 1.48. The number of aromatic nitrogens is 3. The van der Waals surface area contributed by atoms with Gasteiger partial charge in [-0.2, -0.15) is 0 Å². The van der Waals surface area contributed by atoms with Gasteiger partial charge in [-0.15, -0.1) is 5.10 Å². The lowest BCUT2D eigenvalue weighted by molar-refractivity contribution is -0.0425. The minimum absolute atomic E-state index is 0.122. The first kappa shape index (κ1) is 11.2. The third kappa shape index (κ3) is 2.10. The van der Waals surface area contributed by atoms with Crippen LogP contribution >= 0.6 is 0 Å². The van der Waals surface area contributed by atoms with Crippen LogP contribution in [0.1, 0.15) is 36.2 Å². The van der Waals surface area contributed by atoms with E-state index in [1.54, 1.807) is 7.05 Å². The van der Waals surface area contributed by atoms with Crippen molar-refractivity contribution < 1.29 is 13.6 Å². The molecule has 1 aromatic rings. The molecule has 0 unspecified atom stereocenters. The first-order valence-electron chi connectivity index (χ1n) is 5.26. The Morgan fingerprint density at radius 1 is 1.50 bits per heavy atom. The van der Waals surface area contributed by atoms with Crippen LogP contribution in [0.5, 0.6) is 0 Å². The van der Waals surface area contributed by atoms with Gasteiger partial charge in [0.15, 0.2) is 5.78 Å². The first-order chi connectivity index (χ1) is 7.49. The summed E-state index contributed by atoms with van der Waals surface area (Å²) in [5.74, 6) is -3.03. The lowest BCUT2D eigenvalue weighted by Crippen LogP contribution is -2.29. The molecule has 16 heavy (non-hydrogen) atoms. The van der Waals surface area contributed by atoms with Crippen molar-refractivity contribution in [2.24, 2.45) is 13.0 Å². The number of carbonyl (C=O) groups excluding carboxylic acids is 1. The highest BCUT2D eigenvalue weighted by Gasteiger charge is 2.38. The number of halogens is 2. The van der Waals surface area contributed by atoms with Crippen molar-refractivity contribution in [2.75, 3.05) is 0 Å². The number of hydrogen-bond acceptors (Lipinski definition) is 3. The van der Waals surface area contributed by atoms with Gasteiger partial charge >= 0.3 is 0 Å². The lowest BCUT2D eigenvalue weighted by Gasteiger charge is -2.26. The molecule has 4 nitrogen and oxygen atoms in total. The second-order valence-electron chi connectivity index (χ2n) is 4.24. The number of Topliss-reactive ketones (excluding diaryl/α,β-unsaturated/α-hetero) is 1. The molecule has 1 aromatic heterocycles. The molecule has 0 radical (unpaired) electrons. The van der Waals surface area contributed by atoms with Crippen molar-refractivity contribution in [3.63, 3.8) is 0 Å². The Labute approximate surface area is 91.6 Å². The van der Waals surface area contributed by atoms with E-state index < -0.39 is 5.92 Å². The first-order valence-corrected chi connectivity index (χ1v) is 5.26. The van der Waals surface area contributed by atoms with E-state index in [0.29, 0.717) is 5.69 Å². The summed E-state index contributed by atoms with van der Waals surface area (Å²) in [6.45, 7) is 0. The molecule has 1 heterocycles. The van der Waals surface area contributed by atoms with Crippen LogP contribution in [0.2, 0.25) is 0 Å². The zero-order valence-electron chi connectivity index (χ0n) is 8.99. The van der Waals surface area contributed by atoms with E-state index >= 15 is 0 Å². The molecule has 1 fully saturated rings. The molecule has 6 heteroatoms. The number of alkyl halides is 2. The van der Waals surface area contributed by atoms with Gasteiger partial charge in [0.05, 0.1) is 6.20 Å². The van der Waals surface area contributed by atoms with Gasteiger partial charge in [-0.25, -0.2) is 13.5 Å². The topological polar surface area (TPSA) is 47.8 Å². The summed E-state index contributed by atoms with van der Waals surface area (Å²) in [5, 5.41) is 7.27. The standard InChI is InChI=1S/C10H13F2N3O/c1-15-8(6-13-14-15)9(16)7-2-4-10(11,12)5-3-7/h6-7H,2-5H2,1H3. The second-order valence-corrected chi connectivity index (χ2v) is 4.24. The van der Waals surface area contributed by atoms with Crippen molar-refractivity contribution in [3.05, 3.63) is 11.9 Å². The fourth-order valence-electron chi connectivity index (χ4n) is 2.02. The predicted octanol–water partition coefficient (Wildman–Crippen LogP) is 1.82. The van der Waals surface area contributed by atoms with Crippen LogP contribution in [0.3, 0.4) is 0 Å². The minimum atomic E-state index is -2.60. The van der Waals surface area contributed by atoms with E-state index in [9.17, 15) is 13.6 Å². The number of aryl methyl sites for hydroxylation is 1. The van der Waals surface area contributed by atoms with Gasteiger partial charge in [0.2, 0.25) is 5.92 Å². The number of carbonyl (C=O) groups is 1. The highest BCUT2D eigenvalue weighted by Crippen LogP contribution is 2.37. The summed E-state index contributed by atoms with van der Waals surface area (Å²) in [6, 6.07) is 0. The van der Waals surface area contributed by atoms with Crippen molar-refractivity contribution in [1.29, 1.82) is 0 Å². The molecule has 0 amide bonds. The van der Waals surface area contributed by atoms with E-state index in [1.807, 2.05) is 0 Å². The summed E-state index contributed by atoms with van der Waals surface area (Å²) in [7, 11) is 1.62. The zero-order chi connectivity index (χ0) is 11.8. The minimum Gasteiger partial charge on any atom is -0.292 e. The number of rotatable bonds is 2. The van der Waals surface area contributed by atoms with Crippen LogP contribution in [0.4, 0.5) is 8.78 Å². The maximum atomic E-state index is 12.9. The van der Waals surface area contributed by atoms with Crippen molar-refractivity contribution in [3.8, 4) is 0 Å². The van der Waals surface area contributed by atoms with Gasteiger partial charge in [0.25, 0.3) is 0 Å². The molecule has 1 aliphatic carbocycles. The van der Waals surface area contributed by atoms with E-state index in [-0.39, 0.29) is 37.4 Å². The second kappa shape index (κ2) is 3.92. The average molecular weight is 229 g/mol. The van der Waals surface area contributed by atoms with E-state index in [2.05, 4.69) is 10.3 Å². The molecule has 0 spiro atoms. The Balaban J connectivity index is 2.05. The van der Waals surface area contributed by atoms with E-state index in [0.717, 1.165) is 0 Å². The number of ketones is 1. The van der Waals surface area contributed by atoms with Gasteiger partial charge in [-0.3, -0.25) is 4.79 Å². The maximum Gasteiger partial charge on any atom is 0.248 e. The summed E-state index contributed by atoms with van der Waals surface area (Å²) >= 11 is 0. The molecule has 1 aliphatic rings. The van der Waals surface area contributed by atoms with Gasteiger partial charge in [0, 0.05) is 25.8 Å². The van der Waals surface area contributed by atoms with E-state index in [4.69, 9.17) is 0 Å². The summed E-state index contributed by atoms with van der Waals surface area (Å²) in [5.41, 5.74) is 0.398. The average Bonchev–Trinajstić information content (AvgIpc) is 2.63. The van der Waals surface area contributed by atoms with Crippen LogP contribution < -0.4 is 0 Å². The summed E-state index contributed by atoms with van der Waals surface area (Å²) in [4.78, 5) is 11.9. The largest absolute Gasteiger partial charge is 0.292 e. The molecular weight excluding hydrogens is 216 g/mol. The van der Waals surface area contributed by atoms with E-state index in [1.165, 1.54) is 10.9 Å². The van der Waals surface area contributed by atoms with Gasteiger partial charge in [0.1, 0.15) is 5.69 Å². The molecule has 0 bridgehead atoms. The Hall–Kier alpha value is -1.33. The monoisotopic (exact) mass is 229 g/mol. The quantitative estimate of drug-likeness (QED) is 0.727. The van der Waals surface area contributed by atoms with Crippen LogP contribution in [0, 0.1) is 5.92 Å². The number of hydrogen-bond donors (Lipinski definition) is 0. The number of nitrogens with zero attached hydrogens (tertiary/aromatic N) is 3. The van der Waals surface area contributed by atoms with Gasteiger partial charge in [-0.05, 0) is 12.8 Å². The fourth-order valence-corrected chi connectivity index (χ4v) is 2.02. The molecule has 1 saturated carbocycles. The third-order valence-corrected chi connectivity index (χ3v) is 3.05. The molecule has 2 rings (SSSR count). The Morgan fingerprint density at radius 2 is 2.12 bits per heavy atom. The Morgan fingerprint density at radius 3 is 2.62 bits per heavy atom. The van der Waals surface area contributed by atoms with Crippen LogP contribution in [-0.2, 0) is 7.05 Å². The lowest BCUT2D eigenvalue weighted by atomic mass is 9.83. The van der Waals surface area contributed by atoms with Gasteiger partial charge in [-0.1, -0.05) is 5.21 Å². The molecule has 88 valence electrons. The molecule has 0 aromatic carbocycles. The maximum absolute atomic E-state index is 12.9. The van der Waals surface area contributed by atoms with Crippen LogP contribution in [0.15, 0.2) is 6.20 Å².